The second-order valence-corrected chi connectivity index (χ2v) is 4.95. The molecule has 2 heterocycles. The van der Waals surface area contributed by atoms with Gasteiger partial charge >= 0.3 is 0 Å². The van der Waals surface area contributed by atoms with Crippen LogP contribution in [0.5, 0.6) is 0 Å². The molecule has 0 spiro atoms. The number of rotatable bonds is 1. The highest BCUT2D eigenvalue weighted by Crippen LogP contribution is 2.28. The second kappa shape index (κ2) is 3.32. The molecule has 2 aromatic rings. The molecule has 4 nitrogen and oxygen atoms in total. The van der Waals surface area contributed by atoms with Crippen molar-refractivity contribution in [1.29, 1.82) is 0 Å². The number of hydrogen-bond donors (Lipinski definition) is 1. The first-order valence-electron chi connectivity index (χ1n) is 3.41. The Morgan fingerprint density at radius 1 is 1.69 bits per heavy atom. The number of H-pyrrole nitrogens is 1. The van der Waals surface area contributed by atoms with Crippen molar-refractivity contribution in [2.24, 2.45) is 7.05 Å². The lowest BCUT2D eigenvalue weighted by atomic mass is 10.5. The predicted molar refractivity (Wildman–Crippen MR) is 57.2 cm³/mol. The normalized spacial score (nSPS) is 10.6. The van der Waals surface area contributed by atoms with Crippen LogP contribution >= 0.6 is 39.5 Å². The fourth-order valence-electron chi connectivity index (χ4n) is 0.936. The monoisotopic (exact) mass is 276 g/mol. The topological polar surface area (TPSA) is 46.5 Å². The lowest BCUT2D eigenvalue weighted by Gasteiger charge is -1.95. The van der Waals surface area contributed by atoms with Gasteiger partial charge in [0.05, 0.1) is 5.51 Å². The van der Waals surface area contributed by atoms with Crippen molar-refractivity contribution in [3.63, 3.8) is 0 Å². The average Bonchev–Trinajstić information content (AvgIpc) is 2.62. The zero-order chi connectivity index (χ0) is 9.42. The minimum Gasteiger partial charge on any atom is -0.302 e. The number of nitrogens with one attached hydrogen (secondary N) is 1. The molecular weight excluding hydrogens is 272 g/mol. The van der Waals surface area contributed by atoms with E-state index in [-0.39, 0.29) is 0 Å². The fraction of sp³-hybridized carbons (Fsp3) is 0.167. The SMILES string of the molecule is Cn1c(-c2ncsc2Br)n[nH]c1=S. The van der Waals surface area contributed by atoms with E-state index in [1.54, 1.807) is 10.1 Å². The summed E-state index contributed by atoms with van der Waals surface area (Å²) >= 11 is 9.92. The maximum Gasteiger partial charge on any atom is 0.195 e. The summed E-state index contributed by atoms with van der Waals surface area (Å²) in [7, 11) is 1.85. The molecule has 0 aromatic carbocycles. The van der Waals surface area contributed by atoms with E-state index in [1.807, 2.05) is 7.05 Å². The minimum absolute atomic E-state index is 0.593. The second-order valence-electron chi connectivity index (χ2n) is 2.39. The molecule has 0 bridgehead atoms. The summed E-state index contributed by atoms with van der Waals surface area (Å²) in [6.07, 6.45) is 0. The van der Waals surface area contributed by atoms with Crippen molar-refractivity contribution in [2.75, 3.05) is 0 Å². The molecule has 0 aliphatic heterocycles. The van der Waals surface area contributed by atoms with Crippen molar-refractivity contribution in [2.45, 2.75) is 0 Å². The minimum atomic E-state index is 0.593. The van der Waals surface area contributed by atoms with Crippen LogP contribution in [0.1, 0.15) is 0 Å². The van der Waals surface area contributed by atoms with Crippen LogP contribution in [0.25, 0.3) is 11.5 Å². The Morgan fingerprint density at radius 3 is 2.92 bits per heavy atom. The van der Waals surface area contributed by atoms with E-state index < -0.39 is 0 Å². The van der Waals surface area contributed by atoms with Crippen LogP contribution in [-0.4, -0.2) is 19.7 Å². The van der Waals surface area contributed by atoms with Crippen LogP contribution in [-0.2, 0) is 7.05 Å². The van der Waals surface area contributed by atoms with Gasteiger partial charge in [-0.1, -0.05) is 0 Å². The van der Waals surface area contributed by atoms with Crippen LogP contribution in [0.2, 0.25) is 0 Å². The molecule has 0 atom stereocenters. The molecule has 0 saturated heterocycles. The molecule has 13 heavy (non-hydrogen) atoms. The number of aromatic amines is 1. The van der Waals surface area contributed by atoms with Crippen molar-refractivity contribution < 1.29 is 0 Å². The lowest BCUT2D eigenvalue weighted by Crippen LogP contribution is -1.92. The highest BCUT2D eigenvalue weighted by Gasteiger charge is 2.11. The third-order valence-corrected chi connectivity index (χ3v) is 3.53. The molecule has 68 valence electrons. The first-order chi connectivity index (χ1) is 6.20. The third-order valence-electron chi connectivity index (χ3n) is 1.62. The zero-order valence-corrected chi connectivity index (χ0v) is 9.83. The number of thiazole rings is 1. The Bertz CT molecular complexity index is 483. The summed E-state index contributed by atoms with van der Waals surface area (Å²) in [5, 5.41) is 6.79. The van der Waals surface area contributed by atoms with E-state index in [1.165, 1.54) is 11.3 Å². The number of halogens is 1. The Morgan fingerprint density at radius 2 is 2.46 bits per heavy atom. The van der Waals surface area contributed by atoms with Gasteiger partial charge in [0, 0.05) is 7.05 Å². The van der Waals surface area contributed by atoms with Gasteiger partial charge in [-0.15, -0.1) is 11.3 Å². The van der Waals surface area contributed by atoms with Crippen molar-refractivity contribution >= 4 is 39.5 Å². The highest BCUT2D eigenvalue weighted by molar-refractivity contribution is 9.11. The fourth-order valence-corrected chi connectivity index (χ4v) is 2.11. The molecule has 0 fully saturated rings. The standard InChI is InChI=1S/C6H5BrN4S2/c1-11-5(9-10-6(11)12)3-4(7)13-2-8-3/h2H,1H3,(H,10,12). The predicted octanol–water partition coefficient (Wildman–Crippen LogP) is 2.36. The van der Waals surface area contributed by atoms with E-state index >= 15 is 0 Å². The third kappa shape index (κ3) is 1.47. The molecule has 0 aliphatic carbocycles. The van der Waals surface area contributed by atoms with E-state index in [4.69, 9.17) is 12.2 Å². The summed E-state index contributed by atoms with van der Waals surface area (Å²) in [6.45, 7) is 0. The first-order valence-corrected chi connectivity index (χ1v) is 5.49. The molecule has 0 unspecified atom stereocenters. The van der Waals surface area contributed by atoms with Gasteiger partial charge in [-0.3, -0.25) is 5.10 Å². The average molecular weight is 277 g/mol. The van der Waals surface area contributed by atoms with Crippen molar-refractivity contribution in [3.05, 3.63) is 14.1 Å². The number of aromatic nitrogens is 4. The number of nitrogens with zero attached hydrogens (tertiary/aromatic N) is 3. The molecular formula is C6H5BrN4S2. The maximum absolute atomic E-state index is 5.00. The molecule has 0 radical (unpaired) electrons. The summed E-state index contributed by atoms with van der Waals surface area (Å²) in [5.41, 5.74) is 2.58. The zero-order valence-electron chi connectivity index (χ0n) is 6.61. The Hall–Kier alpha value is -0.530. The summed E-state index contributed by atoms with van der Waals surface area (Å²) in [6, 6.07) is 0. The van der Waals surface area contributed by atoms with Gasteiger partial charge in [-0.05, 0) is 28.1 Å². The van der Waals surface area contributed by atoms with E-state index in [2.05, 4.69) is 31.1 Å². The Balaban J connectivity index is 2.65. The first kappa shape index (κ1) is 9.04. The van der Waals surface area contributed by atoms with Gasteiger partial charge in [0.2, 0.25) is 0 Å². The molecule has 0 aliphatic rings. The quantitative estimate of drug-likeness (QED) is 0.814. The molecule has 0 saturated carbocycles. The van der Waals surface area contributed by atoms with Gasteiger partial charge in [0.25, 0.3) is 0 Å². The summed E-state index contributed by atoms with van der Waals surface area (Å²) in [4.78, 5) is 4.18. The summed E-state index contributed by atoms with van der Waals surface area (Å²) < 4.78 is 3.34. The smallest absolute Gasteiger partial charge is 0.195 e. The van der Waals surface area contributed by atoms with Crippen molar-refractivity contribution in [1.82, 2.24) is 19.7 Å². The molecule has 1 N–H and O–H groups in total. The van der Waals surface area contributed by atoms with Crippen LogP contribution in [0.15, 0.2) is 9.30 Å². The van der Waals surface area contributed by atoms with Gasteiger partial charge in [-0.25, -0.2) is 4.98 Å². The Labute approximate surface area is 91.8 Å². The maximum atomic E-state index is 5.00. The van der Waals surface area contributed by atoms with Crippen LogP contribution in [0.4, 0.5) is 0 Å². The van der Waals surface area contributed by atoms with Gasteiger partial charge < -0.3 is 4.57 Å². The van der Waals surface area contributed by atoms with E-state index in [0.29, 0.717) is 4.77 Å². The van der Waals surface area contributed by atoms with Crippen LogP contribution in [0, 0.1) is 4.77 Å². The van der Waals surface area contributed by atoms with Crippen molar-refractivity contribution in [3.8, 4) is 11.5 Å². The van der Waals surface area contributed by atoms with Gasteiger partial charge in [0.15, 0.2) is 10.6 Å². The van der Waals surface area contributed by atoms with Gasteiger partial charge in [0.1, 0.15) is 9.48 Å². The van der Waals surface area contributed by atoms with Gasteiger partial charge in [-0.2, -0.15) is 5.10 Å². The lowest BCUT2D eigenvalue weighted by molar-refractivity contribution is 0.898. The molecule has 7 heteroatoms. The van der Waals surface area contributed by atoms with Crippen LogP contribution < -0.4 is 0 Å². The van der Waals surface area contributed by atoms with E-state index in [0.717, 1.165) is 15.3 Å². The summed E-state index contributed by atoms with van der Waals surface area (Å²) in [5.74, 6) is 0.748. The number of hydrogen-bond acceptors (Lipinski definition) is 4. The highest BCUT2D eigenvalue weighted by atomic mass is 79.9. The molecule has 0 amide bonds. The van der Waals surface area contributed by atoms with Crippen LogP contribution in [0.3, 0.4) is 0 Å². The molecule has 2 rings (SSSR count). The van der Waals surface area contributed by atoms with E-state index in [9.17, 15) is 0 Å². The molecule has 2 aromatic heterocycles. The largest absolute Gasteiger partial charge is 0.302 e. The Kier molecular flexibility index (Phi) is 2.31.